The highest BCUT2D eigenvalue weighted by atomic mass is 19.1. The first-order chi connectivity index (χ1) is 10.1. The van der Waals surface area contributed by atoms with Gasteiger partial charge in [0.2, 0.25) is 5.91 Å². The van der Waals surface area contributed by atoms with Crippen LogP contribution in [0.4, 0.5) is 10.1 Å². The molecule has 0 unspecified atom stereocenters. The summed E-state index contributed by atoms with van der Waals surface area (Å²) < 4.78 is 13.7. The molecule has 1 aliphatic carbocycles. The third kappa shape index (κ3) is 3.21. The van der Waals surface area contributed by atoms with Crippen LogP contribution >= 0.6 is 0 Å². The molecule has 3 rings (SSSR count). The van der Waals surface area contributed by atoms with Crippen molar-refractivity contribution in [1.29, 1.82) is 0 Å². The van der Waals surface area contributed by atoms with Crippen molar-refractivity contribution in [1.82, 2.24) is 0 Å². The number of primary amides is 1. The smallest absolute Gasteiger partial charge is 0.248 e. The van der Waals surface area contributed by atoms with E-state index in [1.165, 1.54) is 36.6 Å². The van der Waals surface area contributed by atoms with Crippen LogP contribution in [0.15, 0.2) is 42.5 Å². The minimum absolute atomic E-state index is 0.289. The number of rotatable bonds is 5. The largest absolute Gasteiger partial charge is 0.379 e. The molecule has 2 aromatic rings. The molecule has 1 saturated carbocycles. The molecule has 0 aromatic heterocycles. The maximum atomic E-state index is 13.7. The molecule has 4 heteroatoms. The monoisotopic (exact) mass is 284 g/mol. The number of anilines is 1. The van der Waals surface area contributed by atoms with Gasteiger partial charge in [-0.2, -0.15) is 0 Å². The second-order valence-electron chi connectivity index (χ2n) is 5.43. The molecule has 0 radical (unpaired) electrons. The summed E-state index contributed by atoms with van der Waals surface area (Å²) >= 11 is 0. The van der Waals surface area contributed by atoms with Crippen molar-refractivity contribution in [3.8, 4) is 0 Å². The number of carbonyl (C=O) groups is 1. The van der Waals surface area contributed by atoms with Crippen molar-refractivity contribution in [3.05, 3.63) is 65.0 Å². The average Bonchev–Trinajstić information content (AvgIpc) is 3.31. The van der Waals surface area contributed by atoms with E-state index in [-0.39, 0.29) is 5.69 Å². The zero-order chi connectivity index (χ0) is 14.8. The summed E-state index contributed by atoms with van der Waals surface area (Å²) in [6.45, 7) is 0.504. The van der Waals surface area contributed by atoms with Crippen LogP contribution in [0.2, 0.25) is 0 Å². The molecule has 21 heavy (non-hydrogen) atoms. The number of nitrogens with two attached hydrogens (primary N) is 1. The highest BCUT2D eigenvalue weighted by Crippen LogP contribution is 2.39. The molecule has 3 N–H and O–H groups in total. The summed E-state index contributed by atoms with van der Waals surface area (Å²) in [7, 11) is 0. The summed E-state index contributed by atoms with van der Waals surface area (Å²) in [5, 5.41) is 3.01. The van der Waals surface area contributed by atoms with E-state index in [2.05, 4.69) is 29.6 Å². The number of benzene rings is 2. The van der Waals surface area contributed by atoms with Gasteiger partial charge in [-0.25, -0.2) is 4.39 Å². The fourth-order valence-corrected chi connectivity index (χ4v) is 2.34. The Balaban J connectivity index is 1.68. The van der Waals surface area contributed by atoms with Crippen molar-refractivity contribution >= 4 is 11.6 Å². The normalized spacial score (nSPS) is 14.0. The van der Waals surface area contributed by atoms with Gasteiger partial charge in [-0.1, -0.05) is 24.3 Å². The van der Waals surface area contributed by atoms with Crippen LogP contribution in [0, 0.1) is 5.82 Å². The number of amides is 1. The molecule has 0 saturated heterocycles. The van der Waals surface area contributed by atoms with Gasteiger partial charge in [-0.3, -0.25) is 4.79 Å². The predicted molar refractivity (Wildman–Crippen MR) is 80.7 cm³/mol. The van der Waals surface area contributed by atoms with Crippen molar-refractivity contribution in [3.63, 3.8) is 0 Å². The molecular formula is C17H17FN2O. The molecule has 0 spiro atoms. The quantitative estimate of drug-likeness (QED) is 0.884. The molecular weight excluding hydrogens is 267 g/mol. The highest BCUT2D eigenvalue weighted by molar-refractivity contribution is 5.93. The van der Waals surface area contributed by atoms with Crippen LogP contribution in [0.25, 0.3) is 0 Å². The molecule has 0 aliphatic heterocycles. The van der Waals surface area contributed by atoms with Crippen LogP contribution in [0.1, 0.15) is 40.2 Å². The van der Waals surface area contributed by atoms with Gasteiger partial charge in [0, 0.05) is 12.1 Å². The lowest BCUT2D eigenvalue weighted by Gasteiger charge is -2.09. The van der Waals surface area contributed by atoms with Gasteiger partial charge in [-0.15, -0.1) is 0 Å². The molecule has 108 valence electrons. The van der Waals surface area contributed by atoms with E-state index in [1.54, 1.807) is 0 Å². The Hall–Kier alpha value is -2.36. The molecule has 1 aliphatic rings. The number of carbonyl (C=O) groups excluding carboxylic acids is 1. The Bertz CT molecular complexity index is 663. The summed E-state index contributed by atoms with van der Waals surface area (Å²) in [6.07, 6.45) is 2.56. The van der Waals surface area contributed by atoms with Crippen molar-refractivity contribution < 1.29 is 9.18 Å². The first-order valence-electron chi connectivity index (χ1n) is 7.05. The zero-order valence-electron chi connectivity index (χ0n) is 11.6. The maximum absolute atomic E-state index is 13.7. The van der Waals surface area contributed by atoms with Crippen molar-refractivity contribution in [2.75, 3.05) is 5.32 Å². The third-order valence-electron chi connectivity index (χ3n) is 3.76. The predicted octanol–water partition coefficient (Wildman–Crippen LogP) is 3.41. The molecule has 1 fully saturated rings. The van der Waals surface area contributed by atoms with E-state index in [0.29, 0.717) is 12.1 Å². The first kappa shape index (κ1) is 13.6. The number of hydrogen-bond donors (Lipinski definition) is 2. The second-order valence-corrected chi connectivity index (χ2v) is 5.43. The molecule has 3 nitrogen and oxygen atoms in total. The topological polar surface area (TPSA) is 55.1 Å². The molecule has 1 amide bonds. The lowest BCUT2D eigenvalue weighted by molar-refractivity contribution is 0.100. The number of hydrogen-bond acceptors (Lipinski definition) is 2. The zero-order valence-corrected chi connectivity index (χ0v) is 11.6. The molecule has 0 heterocycles. The van der Waals surface area contributed by atoms with E-state index in [0.717, 1.165) is 11.5 Å². The van der Waals surface area contributed by atoms with Crippen molar-refractivity contribution in [2.24, 2.45) is 5.73 Å². The van der Waals surface area contributed by atoms with Crippen LogP contribution in [0.5, 0.6) is 0 Å². The fraction of sp³-hybridized carbons (Fsp3) is 0.235. The van der Waals surface area contributed by atoms with E-state index in [4.69, 9.17) is 5.73 Å². The van der Waals surface area contributed by atoms with Crippen molar-refractivity contribution in [2.45, 2.75) is 25.3 Å². The van der Waals surface area contributed by atoms with Gasteiger partial charge in [0.1, 0.15) is 5.82 Å². The summed E-state index contributed by atoms with van der Waals surface area (Å²) in [5.41, 5.74) is 8.23. The van der Waals surface area contributed by atoms with Gasteiger partial charge in [0.25, 0.3) is 0 Å². The Kier molecular flexibility index (Phi) is 3.60. The molecule has 0 atom stereocenters. The first-order valence-corrected chi connectivity index (χ1v) is 7.05. The number of nitrogens with one attached hydrogen (secondary N) is 1. The summed E-state index contributed by atoms with van der Waals surface area (Å²) in [6, 6.07) is 12.4. The molecule has 2 aromatic carbocycles. The Morgan fingerprint density at radius 3 is 2.52 bits per heavy atom. The summed E-state index contributed by atoms with van der Waals surface area (Å²) in [4.78, 5) is 11.1. The van der Waals surface area contributed by atoms with Crippen LogP contribution in [-0.4, -0.2) is 5.91 Å². The van der Waals surface area contributed by atoms with Gasteiger partial charge < -0.3 is 11.1 Å². The minimum Gasteiger partial charge on any atom is -0.379 e. The minimum atomic E-state index is -0.563. The van der Waals surface area contributed by atoms with Crippen LogP contribution < -0.4 is 11.1 Å². The third-order valence-corrected chi connectivity index (χ3v) is 3.76. The second kappa shape index (κ2) is 5.56. The average molecular weight is 284 g/mol. The van der Waals surface area contributed by atoms with Gasteiger partial charge in [-0.05, 0) is 48.1 Å². The van der Waals surface area contributed by atoms with E-state index < -0.39 is 11.7 Å². The van der Waals surface area contributed by atoms with E-state index in [1.807, 2.05) is 0 Å². The lowest BCUT2D eigenvalue weighted by Crippen LogP contribution is -2.12. The fourth-order valence-electron chi connectivity index (χ4n) is 2.34. The Morgan fingerprint density at radius 2 is 1.90 bits per heavy atom. The Morgan fingerprint density at radius 1 is 1.19 bits per heavy atom. The SMILES string of the molecule is NC(=O)c1ccc(F)c(NCc2ccc(C3CC3)cc2)c1. The van der Waals surface area contributed by atoms with Crippen LogP contribution in [0.3, 0.4) is 0 Å². The molecule has 0 bridgehead atoms. The standard InChI is InChI=1S/C17H17FN2O/c18-15-8-7-14(17(19)21)9-16(15)20-10-11-1-3-12(4-2-11)13-5-6-13/h1-4,7-9,13,20H,5-6,10H2,(H2,19,21). The van der Waals surface area contributed by atoms with Gasteiger partial charge in [0.05, 0.1) is 5.69 Å². The lowest BCUT2D eigenvalue weighted by atomic mass is 10.1. The van der Waals surface area contributed by atoms with Gasteiger partial charge in [0.15, 0.2) is 0 Å². The van der Waals surface area contributed by atoms with E-state index >= 15 is 0 Å². The maximum Gasteiger partial charge on any atom is 0.248 e. The van der Waals surface area contributed by atoms with Crippen LogP contribution in [-0.2, 0) is 6.54 Å². The Labute approximate surface area is 123 Å². The van der Waals surface area contributed by atoms with Gasteiger partial charge >= 0.3 is 0 Å². The van der Waals surface area contributed by atoms with E-state index in [9.17, 15) is 9.18 Å². The number of halogens is 1. The highest BCUT2D eigenvalue weighted by Gasteiger charge is 2.22. The summed E-state index contributed by atoms with van der Waals surface area (Å²) in [5.74, 6) is -0.224.